The molecule has 0 radical (unpaired) electrons. The number of carbonyl (C=O) groups excluding carboxylic acids is 1. The minimum absolute atomic E-state index is 0.00178. The Bertz CT molecular complexity index is 451. The van der Waals surface area contributed by atoms with Gasteiger partial charge in [-0.15, -0.1) is 0 Å². The van der Waals surface area contributed by atoms with Crippen LogP contribution < -0.4 is 10.5 Å². The van der Waals surface area contributed by atoms with Crippen molar-refractivity contribution < 1.29 is 13.9 Å². The molecule has 2 N–H and O–H groups in total. The van der Waals surface area contributed by atoms with Gasteiger partial charge in [0, 0.05) is 25.6 Å². The summed E-state index contributed by atoms with van der Waals surface area (Å²) in [5.74, 6) is -0.215. The van der Waals surface area contributed by atoms with Crippen molar-refractivity contribution in [2.45, 2.75) is 39.3 Å². The van der Waals surface area contributed by atoms with Gasteiger partial charge < -0.3 is 15.4 Å². The van der Waals surface area contributed by atoms with Crippen molar-refractivity contribution in [3.8, 4) is 5.75 Å². The van der Waals surface area contributed by atoms with Crippen LogP contribution in [-0.4, -0.2) is 30.5 Å². The monoisotopic (exact) mass is 282 g/mol. The fourth-order valence-corrected chi connectivity index (χ4v) is 1.90. The molecule has 4 nitrogen and oxygen atoms in total. The lowest BCUT2D eigenvalue weighted by molar-refractivity contribution is -0.132. The first-order chi connectivity index (χ1) is 9.51. The molecular formula is C15H23FN2O2. The molecule has 0 saturated heterocycles. The maximum Gasteiger partial charge on any atom is 0.224 e. The molecule has 1 aromatic carbocycles. The van der Waals surface area contributed by atoms with Crippen LogP contribution in [0.2, 0.25) is 0 Å². The minimum Gasteiger partial charge on any atom is -0.494 e. The van der Waals surface area contributed by atoms with Crippen LogP contribution in [0.25, 0.3) is 0 Å². The molecule has 1 aromatic rings. The van der Waals surface area contributed by atoms with Crippen molar-refractivity contribution in [2.24, 2.45) is 5.73 Å². The lowest BCUT2D eigenvalue weighted by Gasteiger charge is -2.22. The predicted molar refractivity (Wildman–Crippen MR) is 76.9 cm³/mol. The van der Waals surface area contributed by atoms with E-state index in [4.69, 9.17) is 10.5 Å². The van der Waals surface area contributed by atoms with E-state index in [2.05, 4.69) is 0 Å². The second-order valence-corrected chi connectivity index (χ2v) is 4.75. The number of benzene rings is 1. The van der Waals surface area contributed by atoms with Gasteiger partial charge in [0.05, 0.1) is 7.11 Å². The summed E-state index contributed by atoms with van der Waals surface area (Å²) < 4.78 is 18.5. The Labute approximate surface area is 119 Å². The largest absolute Gasteiger partial charge is 0.494 e. The number of nitrogens with two attached hydrogens (primary N) is 1. The normalized spacial score (nSPS) is 12.1. The molecule has 0 aliphatic carbocycles. The topological polar surface area (TPSA) is 55.6 Å². The first-order valence-electron chi connectivity index (χ1n) is 6.87. The van der Waals surface area contributed by atoms with Gasteiger partial charge in [0.15, 0.2) is 11.6 Å². The van der Waals surface area contributed by atoms with E-state index in [1.54, 1.807) is 17.0 Å². The summed E-state index contributed by atoms with van der Waals surface area (Å²) in [7, 11) is 1.42. The van der Waals surface area contributed by atoms with Crippen LogP contribution in [0.1, 0.15) is 32.3 Å². The minimum atomic E-state index is -0.418. The Morgan fingerprint density at radius 2 is 2.15 bits per heavy atom. The lowest BCUT2D eigenvalue weighted by atomic mass is 10.1. The van der Waals surface area contributed by atoms with Crippen LogP contribution in [0, 0.1) is 5.82 Å². The molecular weight excluding hydrogens is 259 g/mol. The number of ether oxygens (including phenoxy) is 1. The molecule has 0 saturated carbocycles. The van der Waals surface area contributed by atoms with Gasteiger partial charge in [-0.3, -0.25) is 4.79 Å². The highest BCUT2D eigenvalue weighted by molar-refractivity contribution is 5.76. The van der Waals surface area contributed by atoms with Crippen molar-refractivity contribution in [3.63, 3.8) is 0 Å². The molecule has 0 heterocycles. The van der Waals surface area contributed by atoms with E-state index in [1.165, 1.54) is 13.2 Å². The van der Waals surface area contributed by atoms with Gasteiger partial charge in [-0.05, 0) is 31.0 Å². The molecule has 1 amide bonds. The van der Waals surface area contributed by atoms with E-state index in [0.717, 1.165) is 12.0 Å². The Kier molecular flexibility index (Phi) is 6.45. The number of nitrogens with zero attached hydrogens (tertiary/aromatic N) is 1. The molecule has 0 aliphatic rings. The number of hydrogen-bond donors (Lipinski definition) is 1. The van der Waals surface area contributed by atoms with Crippen molar-refractivity contribution in [2.75, 3.05) is 13.7 Å². The van der Waals surface area contributed by atoms with Gasteiger partial charge in [-0.25, -0.2) is 4.39 Å². The third-order valence-electron chi connectivity index (χ3n) is 3.29. The summed E-state index contributed by atoms with van der Waals surface area (Å²) in [5.41, 5.74) is 6.54. The summed E-state index contributed by atoms with van der Waals surface area (Å²) in [6.45, 7) is 4.80. The lowest BCUT2D eigenvalue weighted by Crippen LogP contribution is -2.35. The number of amides is 1. The van der Waals surface area contributed by atoms with Crippen molar-refractivity contribution >= 4 is 5.91 Å². The fraction of sp³-hybridized carbons (Fsp3) is 0.533. The van der Waals surface area contributed by atoms with E-state index < -0.39 is 5.82 Å². The average molecular weight is 282 g/mol. The molecule has 1 unspecified atom stereocenters. The summed E-state index contributed by atoms with van der Waals surface area (Å²) in [6.07, 6.45) is 1.09. The molecule has 0 bridgehead atoms. The van der Waals surface area contributed by atoms with E-state index in [-0.39, 0.29) is 17.7 Å². The van der Waals surface area contributed by atoms with Crippen LogP contribution in [-0.2, 0) is 11.3 Å². The van der Waals surface area contributed by atoms with E-state index in [0.29, 0.717) is 19.5 Å². The predicted octanol–water partition coefficient (Wildman–Crippen LogP) is 2.31. The molecule has 5 heteroatoms. The van der Waals surface area contributed by atoms with E-state index in [1.807, 2.05) is 13.8 Å². The Hall–Kier alpha value is -1.62. The standard InChI is InChI=1S/C15H23FN2O2/c1-4-12(17)9-15(19)18(5-2)10-11-6-7-14(20-3)13(16)8-11/h6-8,12H,4-5,9-10,17H2,1-3H3. The van der Waals surface area contributed by atoms with Crippen LogP contribution in [0.4, 0.5) is 4.39 Å². The average Bonchev–Trinajstić information content (AvgIpc) is 2.44. The second-order valence-electron chi connectivity index (χ2n) is 4.75. The van der Waals surface area contributed by atoms with E-state index >= 15 is 0 Å². The molecule has 1 atom stereocenters. The molecule has 1 rings (SSSR count). The molecule has 0 spiro atoms. The number of carbonyl (C=O) groups is 1. The molecule has 0 aromatic heterocycles. The van der Waals surface area contributed by atoms with Crippen molar-refractivity contribution in [1.82, 2.24) is 4.90 Å². The number of methoxy groups -OCH3 is 1. The van der Waals surface area contributed by atoms with Gasteiger partial charge in [-0.2, -0.15) is 0 Å². The van der Waals surface area contributed by atoms with Crippen LogP contribution in [0.3, 0.4) is 0 Å². The zero-order chi connectivity index (χ0) is 15.1. The Morgan fingerprint density at radius 1 is 1.45 bits per heavy atom. The second kappa shape index (κ2) is 7.85. The van der Waals surface area contributed by atoms with Gasteiger partial charge in [0.1, 0.15) is 0 Å². The van der Waals surface area contributed by atoms with Gasteiger partial charge in [-0.1, -0.05) is 13.0 Å². The third kappa shape index (κ3) is 4.49. The SMILES string of the molecule is CCC(N)CC(=O)N(CC)Cc1ccc(OC)c(F)c1. The molecule has 0 fully saturated rings. The third-order valence-corrected chi connectivity index (χ3v) is 3.29. The quantitative estimate of drug-likeness (QED) is 0.835. The zero-order valence-electron chi connectivity index (χ0n) is 12.4. The fourth-order valence-electron chi connectivity index (χ4n) is 1.90. The number of rotatable bonds is 7. The highest BCUT2D eigenvalue weighted by Gasteiger charge is 2.15. The molecule has 0 aliphatic heterocycles. The summed E-state index contributed by atoms with van der Waals surface area (Å²) in [5, 5.41) is 0. The number of hydrogen-bond acceptors (Lipinski definition) is 3. The van der Waals surface area contributed by atoms with Crippen LogP contribution in [0.15, 0.2) is 18.2 Å². The summed E-state index contributed by atoms with van der Waals surface area (Å²) in [6, 6.07) is 4.61. The number of halogens is 1. The summed E-state index contributed by atoms with van der Waals surface area (Å²) in [4.78, 5) is 13.8. The van der Waals surface area contributed by atoms with Gasteiger partial charge >= 0.3 is 0 Å². The maximum absolute atomic E-state index is 13.6. The van der Waals surface area contributed by atoms with E-state index in [9.17, 15) is 9.18 Å². The van der Waals surface area contributed by atoms with Crippen molar-refractivity contribution in [1.29, 1.82) is 0 Å². The first-order valence-corrected chi connectivity index (χ1v) is 6.87. The molecule has 112 valence electrons. The molecule has 20 heavy (non-hydrogen) atoms. The zero-order valence-corrected chi connectivity index (χ0v) is 12.4. The van der Waals surface area contributed by atoms with Crippen LogP contribution >= 0.6 is 0 Å². The smallest absolute Gasteiger partial charge is 0.224 e. The van der Waals surface area contributed by atoms with Gasteiger partial charge in [0.2, 0.25) is 5.91 Å². The Morgan fingerprint density at radius 3 is 2.65 bits per heavy atom. The van der Waals surface area contributed by atoms with Crippen molar-refractivity contribution in [3.05, 3.63) is 29.6 Å². The highest BCUT2D eigenvalue weighted by atomic mass is 19.1. The van der Waals surface area contributed by atoms with Crippen LogP contribution in [0.5, 0.6) is 5.75 Å². The first kappa shape index (κ1) is 16.4. The maximum atomic E-state index is 13.6. The van der Waals surface area contributed by atoms with Gasteiger partial charge in [0.25, 0.3) is 0 Å². The highest BCUT2D eigenvalue weighted by Crippen LogP contribution is 2.19. The summed E-state index contributed by atoms with van der Waals surface area (Å²) >= 11 is 0. The Balaban J connectivity index is 2.73.